The van der Waals surface area contributed by atoms with Gasteiger partial charge in [0.25, 0.3) is 0 Å². The first-order chi connectivity index (χ1) is 9.69. The minimum atomic E-state index is -3.76. The Morgan fingerprint density at radius 1 is 1.29 bits per heavy atom. The van der Waals surface area contributed by atoms with Crippen LogP contribution in [0.3, 0.4) is 0 Å². The highest BCUT2D eigenvalue weighted by molar-refractivity contribution is 7.93. The van der Waals surface area contributed by atoms with Gasteiger partial charge in [0, 0.05) is 13.2 Å². The fraction of sp³-hybridized carbons (Fsp3) is 0.600. The van der Waals surface area contributed by atoms with E-state index in [2.05, 4.69) is 0 Å². The van der Waals surface area contributed by atoms with Gasteiger partial charge in [0.05, 0.1) is 9.77 Å². The molecule has 0 aliphatic carbocycles. The maximum atomic E-state index is 13.1. The molecule has 1 aromatic rings. The summed E-state index contributed by atoms with van der Waals surface area (Å²) in [6.07, 6.45) is 1.38. The van der Waals surface area contributed by atoms with Gasteiger partial charge < -0.3 is 9.84 Å². The first-order valence-corrected chi connectivity index (χ1v) is 8.86. The number of ether oxygens (including phenoxy) is 1. The zero-order valence-electron chi connectivity index (χ0n) is 12.5. The summed E-state index contributed by atoms with van der Waals surface area (Å²) in [4.78, 5) is -0.152. The van der Waals surface area contributed by atoms with E-state index in [0.717, 1.165) is 0 Å². The lowest BCUT2D eigenvalue weighted by Gasteiger charge is -2.36. The Morgan fingerprint density at radius 3 is 2.43 bits per heavy atom. The maximum absolute atomic E-state index is 13.1. The highest BCUT2D eigenvalue weighted by Gasteiger charge is 2.45. The zero-order chi connectivity index (χ0) is 15.8. The molecule has 0 amide bonds. The summed E-state index contributed by atoms with van der Waals surface area (Å²) < 4.78 is 30.4. The van der Waals surface area contributed by atoms with E-state index in [4.69, 9.17) is 16.3 Å². The van der Waals surface area contributed by atoms with Crippen molar-refractivity contribution in [2.45, 2.75) is 43.3 Å². The summed E-state index contributed by atoms with van der Waals surface area (Å²) in [6, 6.07) is 3.13. The van der Waals surface area contributed by atoms with Crippen molar-refractivity contribution >= 4 is 21.4 Å². The van der Waals surface area contributed by atoms with Gasteiger partial charge in [-0.15, -0.1) is 0 Å². The quantitative estimate of drug-likeness (QED) is 0.922. The Hall–Kier alpha value is -0.780. The molecule has 1 aliphatic heterocycles. The molecule has 0 bridgehead atoms. The highest BCUT2D eigenvalue weighted by atomic mass is 35.5. The highest BCUT2D eigenvalue weighted by Crippen LogP contribution is 2.43. The van der Waals surface area contributed by atoms with Crippen molar-refractivity contribution in [1.29, 1.82) is 0 Å². The predicted molar refractivity (Wildman–Crippen MR) is 82.7 cm³/mol. The first-order valence-electron chi connectivity index (χ1n) is 7.00. The smallest absolute Gasteiger partial charge is 0.188 e. The number of hydrogen-bond donors (Lipinski definition) is 1. The molecule has 0 aromatic heterocycles. The van der Waals surface area contributed by atoms with Crippen LogP contribution in [-0.2, 0) is 14.6 Å². The molecule has 1 heterocycles. The van der Waals surface area contributed by atoms with E-state index in [9.17, 15) is 13.5 Å². The summed E-state index contributed by atoms with van der Waals surface area (Å²) in [6.45, 7) is 6.20. The van der Waals surface area contributed by atoms with Crippen LogP contribution in [-0.4, -0.2) is 31.5 Å². The lowest BCUT2D eigenvalue weighted by molar-refractivity contribution is 0.0563. The Morgan fingerprint density at radius 2 is 1.86 bits per heavy atom. The van der Waals surface area contributed by atoms with E-state index in [-0.39, 0.29) is 21.6 Å². The number of sulfone groups is 1. The second-order valence-corrected chi connectivity index (χ2v) is 8.91. The number of benzene rings is 1. The van der Waals surface area contributed by atoms with Crippen molar-refractivity contribution in [2.24, 2.45) is 5.92 Å². The van der Waals surface area contributed by atoms with Crippen LogP contribution < -0.4 is 0 Å². The molecule has 1 aromatic carbocycles. The molecular formula is C15H21ClO4S. The Balaban J connectivity index is 2.53. The SMILES string of the molecule is Cc1ccc(Cl)c(S(=O)(=O)C(C)(C)C2CCOCC2)c1O. The number of aryl methyl sites for hydroxylation is 1. The molecule has 1 saturated heterocycles. The molecule has 2 rings (SSSR count). The molecule has 0 spiro atoms. The largest absolute Gasteiger partial charge is 0.506 e. The lowest BCUT2D eigenvalue weighted by atomic mass is 9.88. The molecule has 1 N–H and O–H groups in total. The van der Waals surface area contributed by atoms with E-state index in [0.29, 0.717) is 31.6 Å². The fourth-order valence-electron chi connectivity index (χ4n) is 2.78. The molecule has 1 aliphatic rings. The zero-order valence-corrected chi connectivity index (χ0v) is 14.1. The van der Waals surface area contributed by atoms with Crippen LogP contribution in [0.4, 0.5) is 0 Å². The van der Waals surface area contributed by atoms with E-state index >= 15 is 0 Å². The van der Waals surface area contributed by atoms with Crippen LogP contribution in [0.25, 0.3) is 0 Å². The van der Waals surface area contributed by atoms with Crippen LogP contribution in [0, 0.1) is 12.8 Å². The standard InChI is InChI=1S/C15H21ClO4S/c1-10-4-5-12(16)14(13(10)17)21(18,19)15(2,3)11-6-8-20-9-7-11/h4-5,11,17H,6-9H2,1-3H3. The number of phenols is 1. The summed E-state index contributed by atoms with van der Waals surface area (Å²) in [7, 11) is -3.76. The molecule has 0 radical (unpaired) electrons. The van der Waals surface area contributed by atoms with Crippen molar-refractivity contribution in [3.05, 3.63) is 22.7 Å². The predicted octanol–water partition coefficient (Wildman–Crippen LogP) is 3.33. The van der Waals surface area contributed by atoms with Gasteiger partial charge >= 0.3 is 0 Å². The number of phenolic OH excluding ortho intramolecular Hbond substituents is 1. The van der Waals surface area contributed by atoms with Crippen molar-refractivity contribution < 1.29 is 18.3 Å². The Labute approximate surface area is 131 Å². The van der Waals surface area contributed by atoms with Gasteiger partial charge in [0.15, 0.2) is 9.84 Å². The average molecular weight is 333 g/mol. The van der Waals surface area contributed by atoms with Gasteiger partial charge in [0.1, 0.15) is 10.6 Å². The number of aromatic hydroxyl groups is 1. The summed E-state index contributed by atoms with van der Waals surface area (Å²) in [5.41, 5.74) is 0.501. The topological polar surface area (TPSA) is 63.6 Å². The fourth-order valence-corrected chi connectivity index (χ4v) is 5.17. The summed E-state index contributed by atoms with van der Waals surface area (Å²) in [5, 5.41) is 10.3. The maximum Gasteiger partial charge on any atom is 0.188 e. The third-order valence-electron chi connectivity index (χ3n) is 4.45. The molecule has 1 fully saturated rings. The van der Waals surface area contributed by atoms with Crippen molar-refractivity contribution in [1.82, 2.24) is 0 Å². The van der Waals surface area contributed by atoms with E-state index in [1.165, 1.54) is 6.07 Å². The molecular weight excluding hydrogens is 312 g/mol. The number of rotatable bonds is 3. The van der Waals surface area contributed by atoms with Gasteiger partial charge in [-0.1, -0.05) is 17.7 Å². The summed E-state index contributed by atoms with van der Waals surface area (Å²) in [5.74, 6) is -0.269. The van der Waals surface area contributed by atoms with E-state index < -0.39 is 14.6 Å². The molecule has 118 valence electrons. The van der Waals surface area contributed by atoms with Crippen LogP contribution in [0.2, 0.25) is 5.02 Å². The second-order valence-electron chi connectivity index (χ2n) is 6.04. The minimum absolute atomic E-state index is 0.0211. The molecule has 0 saturated carbocycles. The molecule has 0 atom stereocenters. The van der Waals surface area contributed by atoms with Crippen molar-refractivity contribution in [3.8, 4) is 5.75 Å². The van der Waals surface area contributed by atoms with Gasteiger partial charge in [0.2, 0.25) is 0 Å². The van der Waals surface area contributed by atoms with Crippen LogP contribution >= 0.6 is 11.6 Å². The average Bonchev–Trinajstić information content (AvgIpc) is 2.44. The van der Waals surface area contributed by atoms with Crippen LogP contribution in [0.5, 0.6) is 5.75 Å². The van der Waals surface area contributed by atoms with Gasteiger partial charge in [-0.3, -0.25) is 0 Å². The third kappa shape index (κ3) is 2.79. The van der Waals surface area contributed by atoms with Gasteiger partial charge in [-0.2, -0.15) is 0 Å². The Bertz CT molecular complexity index is 631. The molecule has 4 nitrogen and oxygen atoms in total. The van der Waals surface area contributed by atoms with Crippen molar-refractivity contribution in [2.75, 3.05) is 13.2 Å². The van der Waals surface area contributed by atoms with Gasteiger partial charge in [-0.25, -0.2) is 8.42 Å². The normalized spacial score (nSPS) is 17.9. The summed E-state index contributed by atoms with van der Waals surface area (Å²) >= 11 is 6.07. The minimum Gasteiger partial charge on any atom is -0.506 e. The first kappa shape index (κ1) is 16.6. The van der Waals surface area contributed by atoms with E-state index in [1.807, 2.05) is 0 Å². The van der Waals surface area contributed by atoms with Gasteiger partial charge in [-0.05, 0) is 51.2 Å². The number of hydrogen-bond acceptors (Lipinski definition) is 4. The third-order valence-corrected chi connectivity index (χ3v) is 7.55. The Kier molecular flexibility index (Phi) is 4.57. The second kappa shape index (κ2) is 5.78. The van der Waals surface area contributed by atoms with Crippen LogP contribution in [0.1, 0.15) is 32.3 Å². The molecule has 6 heteroatoms. The van der Waals surface area contributed by atoms with Crippen molar-refractivity contribution in [3.63, 3.8) is 0 Å². The number of halogens is 1. The monoisotopic (exact) mass is 332 g/mol. The van der Waals surface area contributed by atoms with E-state index in [1.54, 1.807) is 26.8 Å². The molecule has 0 unspecified atom stereocenters. The lowest BCUT2D eigenvalue weighted by Crippen LogP contribution is -2.42. The van der Waals surface area contributed by atoms with Crippen LogP contribution in [0.15, 0.2) is 17.0 Å². The molecule has 21 heavy (non-hydrogen) atoms.